The van der Waals surface area contributed by atoms with Crippen molar-refractivity contribution in [3.63, 3.8) is 0 Å². The Hall–Kier alpha value is 0.0600. The summed E-state index contributed by atoms with van der Waals surface area (Å²) in [7, 11) is -1.41. The molecule has 0 spiro atoms. The summed E-state index contributed by atoms with van der Waals surface area (Å²) in [5, 5.41) is 0. The number of hydrogen-bond donors (Lipinski definition) is 0. The van der Waals surface area contributed by atoms with Crippen LogP contribution in [-0.4, -0.2) is 12.3 Å². The van der Waals surface area contributed by atoms with Gasteiger partial charge >= 0.3 is 8.03 Å². The maximum Gasteiger partial charge on any atom is 0.505 e. The van der Waals surface area contributed by atoms with E-state index in [0.717, 1.165) is 17.8 Å². The van der Waals surface area contributed by atoms with Gasteiger partial charge in [0, 0.05) is 0 Å². The Labute approximate surface area is 86.3 Å². The molecule has 0 aliphatic heterocycles. The number of rotatable bonds is 2. The zero-order valence-electron chi connectivity index (χ0n) is 8.74. The summed E-state index contributed by atoms with van der Waals surface area (Å²) in [6, 6.07) is 0. The summed E-state index contributed by atoms with van der Waals surface area (Å²) in [4.78, 5) is 0. The normalized spacial score (nSPS) is 50.9. The van der Waals surface area contributed by atoms with Crippen LogP contribution in [0.5, 0.6) is 0 Å². The molecule has 0 aromatic carbocycles. The largest absolute Gasteiger partial charge is 0.505 e. The molecule has 4 aliphatic carbocycles. The van der Waals surface area contributed by atoms with E-state index in [1.54, 1.807) is 6.66 Å². The van der Waals surface area contributed by atoms with E-state index in [1.165, 1.54) is 38.5 Å². The highest BCUT2D eigenvalue weighted by molar-refractivity contribution is 7.38. The van der Waals surface area contributed by atoms with E-state index in [0.29, 0.717) is 0 Å². The topological polar surface area (TPSA) is 26.3 Å². The van der Waals surface area contributed by atoms with Crippen LogP contribution in [0, 0.1) is 17.8 Å². The quantitative estimate of drug-likeness (QED) is 0.657. The molecule has 0 N–H and O–H groups in total. The average Bonchev–Trinajstić information content (AvgIpc) is 1.96. The first-order chi connectivity index (χ1) is 6.65. The third-order valence-electron chi connectivity index (χ3n) is 4.30. The second-order valence-electron chi connectivity index (χ2n) is 5.63. The van der Waals surface area contributed by atoms with Gasteiger partial charge in [-0.15, -0.1) is 4.52 Å². The fourth-order valence-corrected chi connectivity index (χ4v) is 5.18. The Morgan fingerprint density at radius 1 is 1.07 bits per heavy atom. The monoisotopic (exact) mass is 213 g/mol. The Morgan fingerprint density at radius 3 is 1.86 bits per heavy atom. The third-order valence-corrected chi connectivity index (χ3v) is 4.95. The van der Waals surface area contributed by atoms with Crippen LogP contribution in [0.4, 0.5) is 0 Å². The van der Waals surface area contributed by atoms with E-state index in [-0.39, 0.29) is 5.60 Å². The van der Waals surface area contributed by atoms with Gasteiger partial charge < -0.3 is 0 Å². The van der Waals surface area contributed by atoms with Crippen LogP contribution in [0.25, 0.3) is 0 Å². The first kappa shape index (κ1) is 9.30. The average molecular weight is 213 g/mol. The summed E-state index contributed by atoms with van der Waals surface area (Å²) in [6.07, 6.45) is 7.82. The molecule has 4 saturated carbocycles. The van der Waals surface area contributed by atoms with Crippen molar-refractivity contribution in [1.82, 2.24) is 0 Å². The predicted molar refractivity (Wildman–Crippen MR) is 55.5 cm³/mol. The molecule has 4 bridgehead atoms. The fraction of sp³-hybridized carbons (Fsp3) is 1.00. The second kappa shape index (κ2) is 3.02. The molecular formula is C11H18O2P+. The van der Waals surface area contributed by atoms with Gasteiger partial charge in [0.1, 0.15) is 5.60 Å². The second-order valence-corrected chi connectivity index (χ2v) is 6.69. The third kappa shape index (κ3) is 1.44. The van der Waals surface area contributed by atoms with E-state index >= 15 is 0 Å². The Morgan fingerprint density at radius 2 is 1.50 bits per heavy atom. The molecule has 0 radical (unpaired) electrons. The van der Waals surface area contributed by atoms with Crippen LogP contribution >= 0.6 is 8.03 Å². The maximum atomic E-state index is 11.3. The van der Waals surface area contributed by atoms with Gasteiger partial charge in [0.25, 0.3) is 0 Å². The fourth-order valence-electron chi connectivity index (χ4n) is 4.42. The predicted octanol–water partition coefficient (Wildman–Crippen LogP) is 3.34. The Bertz CT molecular complexity index is 239. The van der Waals surface area contributed by atoms with Gasteiger partial charge in [-0.3, -0.25) is 0 Å². The molecule has 4 fully saturated rings. The SMILES string of the molecule is C[P+](=O)OC12CC3CC(CC(C3)C1)C2. The van der Waals surface area contributed by atoms with Gasteiger partial charge in [-0.1, -0.05) is 0 Å². The maximum absolute atomic E-state index is 11.3. The lowest BCUT2D eigenvalue weighted by Gasteiger charge is -2.53. The molecule has 14 heavy (non-hydrogen) atoms. The minimum atomic E-state index is -1.41. The molecular weight excluding hydrogens is 195 g/mol. The molecule has 2 nitrogen and oxygen atoms in total. The van der Waals surface area contributed by atoms with Crippen molar-refractivity contribution in [2.24, 2.45) is 17.8 Å². The standard InChI is InChI=1S/C11H18O2P/c1-14(12)13-11-5-8-2-9(6-11)4-10(3-8)7-11/h8-10H,2-7H2,1H3/q+1. The van der Waals surface area contributed by atoms with Crippen LogP contribution in [0.15, 0.2) is 0 Å². The smallest absolute Gasteiger partial charge is 0.140 e. The van der Waals surface area contributed by atoms with Crippen molar-refractivity contribution in [3.05, 3.63) is 0 Å². The van der Waals surface area contributed by atoms with E-state index < -0.39 is 8.03 Å². The highest BCUT2D eigenvalue weighted by Gasteiger charge is 2.54. The van der Waals surface area contributed by atoms with Crippen molar-refractivity contribution < 1.29 is 9.09 Å². The van der Waals surface area contributed by atoms with E-state index in [2.05, 4.69) is 0 Å². The van der Waals surface area contributed by atoms with Gasteiger partial charge in [0.05, 0.1) is 0 Å². The highest BCUT2D eigenvalue weighted by atomic mass is 31.1. The molecule has 0 heterocycles. The van der Waals surface area contributed by atoms with Crippen LogP contribution in [0.3, 0.4) is 0 Å². The van der Waals surface area contributed by atoms with Crippen LogP contribution < -0.4 is 0 Å². The minimum absolute atomic E-state index is 0.0386. The van der Waals surface area contributed by atoms with Crippen molar-refractivity contribution in [2.45, 2.75) is 44.1 Å². The van der Waals surface area contributed by atoms with Gasteiger partial charge in [0.2, 0.25) is 0 Å². The Balaban J connectivity index is 1.83. The summed E-state index contributed by atoms with van der Waals surface area (Å²) < 4.78 is 17.0. The first-order valence-electron chi connectivity index (χ1n) is 5.75. The van der Waals surface area contributed by atoms with Gasteiger partial charge in [0.15, 0.2) is 6.66 Å². The van der Waals surface area contributed by atoms with Crippen LogP contribution in [-0.2, 0) is 9.09 Å². The van der Waals surface area contributed by atoms with E-state index in [1.807, 2.05) is 0 Å². The van der Waals surface area contributed by atoms with Crippen LogP contribution in [0.2, 0.25) is 0 Å². The molecule has 0 amide bonds. The summed E-state index contributed by atoms with van der Waals surface area (Å²) in [5.41, 5.74) is 0.0386. The first-order valence-corrected chi connectivity index (χ1v) is 7.38. The molecule has 0 aromatic heterocycles. The van der Waals surface area contributed by atoms with Gasteiger partial charge in [-0.25, -0.2) is 0 Å². The lowest BCUT2D eigenvalue weighted by Crippen LogP contribution is -2.51. The molecule has 0 saturated heterocycles. The summed E-state index contributed by atoms with van der Waals surface area (Å²) >= 11 is 0. The molecule has 1 unspecified atom stereocenters. The van der Waals surface area contributed by atoms with Crippen molar-refractivity contribution in [3.8, 4) is 0 Å². The lowest BCUT2D eigenvalue weighted by atomic mass is 9.54. The van der Waals surface area contributed by atoms with E-state index in [4.69, 9.17) is 4.52 Å². The minimum Gasteiger partial charge on any atom is -0.140 e. The van der Waals surface area contributed by atoms with E-state index in [9.17, 15) is 4.57 Å². The molecule has 3 heteroatoms. The van der Waals surface area contributed by atoms with Crippen molar-refractivity contribution in [1.29, 1.82) is 0 Å². The molecule has 1 atom stereocenters. The van der Waals surface area contributed by atoms with Crippen LogP contribution in [0.1, 0.15) is 38.5 Å². The summed E-state index contributed by atoms with van der Waals surface area (Å²) in [6.45, 7) is 1.70. The highest BCUT2D eigenvalue weighted by Crippen LogP contribution is 2.58. The molecule has 78 valence electrons. The Kier molecular flexibility index (Phi) is 2.01. The molecule has 4 aliphatic rings. The van der Waals surface area contributed by atoms with Gasteiger partial charge in [-0.2, -0.15) is 0 Å². The zero-order valence-corrected chi connectivity index (χ0v) is 9.63. The zero-order chi connectivity index (χ0) is 9.76. The lowest BCUT2D eigenvalue weighted by molar-refractivity contribution is -0.103. The molecule has 0 aromatic rings. The molecule has 4 rings (SSSR count). The summed E-state index contributed by atoms with van der Waals surface area (Å²) in [5.74, 6) is 2.66. The van der Waals surface area contributed by atoms with Gasteiger partial charge in [-0.05, 0) is 60.8 Å². The van der Waals surface area contributed by atoms with Crippen molar-refractivity contribution >= 4 is 8.03 Å². The number of hydrogen-bond acceptors (Lipinski definition) is 2. The van der Waals surface area contributed by atoms with Crippen molar-refractivity contribution in [2.75, 3.05) is 6.66 Å².